The molecule has 0 amide bonds. The van der Waals surface area contributed by atoms with Gasteiger partial charge in [-0.05, 0) is 77.5 Å². The molecule has 2 nitrogen and oxygen atoms in total. The molecule has 0 aliphatic heterocycles. The molecule has 1 atom stereocenters. The molecule has 0 fully saturated rings. The standard InChI is InChI=1S/C16H16BrFINO/c1-20-15(12-9-11(19)4-5-13(12)17)8-10-3-6-16(21-2)14(18)7-10/h3-7,9,15,20H,8H2,1-2H3. The Labute approximate surface area is 146 Å². The van der Waals surface area contributed by atoms with E-state index in [1.807, 2.05) is 25.2 Å². The molecule has 2 aromatic carbocycles. The van der Waals surface area contributed by atoms with Gasteiger partial charge in [-0.3, -0.25) is 0 Å². The minimum Gasteiger partial charge on any atom is -0.494 e. The third-order valence-electron chi connectivity index (χ3n) is 3.34. The minimum absolute atomic E-state index is 0.113. The number of benzene rings is 2. The second kappa shape index (κ2) is 7.56. The predicted molar refractivity (Wildman–Crippen MR) is 95.3 cm³/mol. The van der Waals surface area contributed by atoms with Gasteiger partial charge in [-0.1, -0.05) is 22.0 Å². The van der Waals surface area contributed by atoms with Gasteiger partial charge < -0.3 is 10.1 Å². The minimum atomic E-state index is -0.327. The molecule has 0 saturated heterocycles. The van der Waals surface area contributed by atoms with Crippen LogP contribution in [0.3, 0.4) is 0 Å². The summed E-state index contributed by atoms with van der Waals surface area (Å²) in [7, 11) is 3.38. The monoisotopic (exact) mass is 463 g/mol. The van der Waals surface area contributed by atoms with Gasteiger partial charge in [-0.15, -0.1) is 0 Å². The van der Waals surface area contributed by atoms with Crippen molar-refractivity contribution in [2.24, 2.45) is 0 Å². The summed E-state index contributed by atoms with van der Waals surface area (Å²) in [6, 6.07) is 11.4. The summed E-state index contributed by atoms with van der Waals surface area (Å²) in [5.74, 6) is -0.0539. The van der Waals surface area contributed by atoms with Crippen molar-refractivity contribution < 1.29 is 9.13 Å². The van der Waals surface area contributed by atoms with Crippen LogP contribution in [-0.2, 0) is 6.42 Å². The van der Waals surface area contributed by atoms with Gasteiger partial charge >= 0.3 is 0 Å². The quantitative estimate of drug-likeness (QED) is 0.648. The van der Waals surface area contributed by atoms with Gasteiger partial charge in [-0.25, -0.2) is 4.39 Å². The fourth-order valence-electron chi connectivity index (χ4n) is 2.22. The van der Waals surface area contributed by atoms with E-state index in [-0.39, 0.29) is 17.6 Å². The Balaban J connectivity index is 2.26. The fourth-order valence-corrected chi connectivity index (χ4v) is 3.26. The third kappa shape index (κ3) is 4.17. The van der Waals surface area contributed by atoms with Gasteiger partial charge in [-0.2, -0.15) is 0 Å². The summed E-state index contributed by atoms with van der Waals surface area (Å²) < 4.78 is 21.0. The molecule has 1 unspecified atom stereocenters. The first-order valence-corrected chi connectivity index (χ1v) is 8.37. The molecule has 0 spiro atoms. The van der Waals surface area contributed by atoms with E-state index < -0.39 is 0 Å². The van der Waals surface area contributed by atoms with Crippen LogP contribution in [-0.4, -0.2) is 14.2 Å². The SMILES string of the molecule is CNC(Cc1ccc(OC)c(F)c1)c1cc(I)ccc1Br. The Bertz CT molecular complexity index is 636. The summed E-state index contributed by atoms with van der Waals surface area (Å²) in [5.41, 5.74) is 2.10. The molecule has 21 heavy (non-hydrogen) atoms. The number of likely N-dealkylation sites (N-methyl/N-ethyl adjacent to an activating group) is 1. The molecule has 2 rings (SSSR count). The topological polar surface area (TPSA) is 21.3 Å². The summed E-state index contributed by atoms with van der Waals surface area (Å²) in [5, 5.41) is 3.30. The van der Waals surface area contributed by atoms with Crippen LogP contribution in [0, 0.1) is 9.39 Å². The largest absolute Gasteiger partial charge is 0.494 e. The first-order chi connectivity index (χ1) is 10.0. The molecule has 0 aliphatic rings. The van der Waals surface area contributed by atoms with E-state index in [9.17, 15) is 4.39 Å². The number of halogens is 3. The molecular formula is C16H16BrFINO. The van der Waals surface area contributed by atoms with Gasteiger partial charge in [0.2, 0.25) is 0 Å². The summed E-state index contributed by atoms with van der Waals surface area (Å²) >= 11 is 5.88. The second-order valence-corrected chi connectivity index (χ2v) is 6.78. The van der Waals surface area contributed by atoms with Crippen molar-refractivity contribution in [3.8, 4) is 5.75 Å². The maximum absolute atomic E-state index is 13.8. The predicted octanol–water partition coefficient (Wildman–Crippen LogP) is 4.70. The molecule has 5 heteroatoms. The van der Waals surface area contributed by atoms with Crippen LogP contribution in [0.1, 0.15) is 17.2 Å². The smallest absolute Gasteiger partial charge is 0.165 e. The number of hydrogen-bond donors (Lipinski definition) is 1. The van der Waals surface area contributed by atoms with Crippen LogP contribution < -0.4 is 10.1 Å². The van der Waals surface area contributed by atoms with Gasteiger partial charge in [0.15, 0.2) is 11.6 Å². The molecular weight excluding hydrogens is 448 g/mol. The lowest BCUT2D eigenvalue weighted by molar-refractivity contribution is 0.386. The lowest BCUT2D eigenvalue weighted by atomic mass is 9.99. The lowest BCUT2D eigenvalue weighted by Crippen LogP contribution is -2.19. The number of nitrogens with one attached hydrogen (secondary N) is 1. The van der Waals surface area contributed by atoms with E-state index in [4.69, 9.17) is 4.74 Å². The average Bonchev–Trinajstić information content (AvgIpc) is 2.47. The van der Waals surface area contributed by atoms with Gasteiger partial charge in [0.05, 0.1) is 7.11 Å². The molecule has 0 heterocycles. The Hall–Kier alpha value is -0.660. The molecule has 0 aliphatic carbocycles. The number of methoxy groups -OCH3 is 1. The lowest BCUT2D eigenvalue weighted by Gasteiger charge is -2.19. The first-order valence-electron chi connectivity index (χ1n) is 6.49. The van der Waals surface area contributed by atoms with Crippen LogP contribution in [0.25, 0.3) is 0 Å². The highest BCUT2D eigenvalue weighted by Crippen LogP contribution is 2.28. The van der Waals surface area contributed by atoms with E-state index in [1.54, 1.807) is 6.07 Å². The maximum atomic E-state index is 13.8. The normalized spacial score (nSPS) is 12.2. The Morgan fingerprint density at radius 3 is 2.67 bits per heavy atom. The molecule has 1 N–H and O–H groups in total. The van der Waals surface area contributed by atoms with Crippen LogP contribution >= 0.6 is 38.5 Å². The van der Waals surface area contributed by atoms with Gasteiger partial charge in [0.25, 0.3) is 0 Å². The number of hydrogen-bond acceptors (Lipinski definition) is 2. The Kier molecular flexibility index (Phi) is 6.01. The van der Waals surface area contributed by atoms with E-state index in [2.05, 4.69) is 49.9 Å². The first kappa shape index (κ1) is 16.7. The second-order valence-electron chi connectivity index (χ2n) is 4.68. The van der Waals surface area contributed by atoms with Crippen LogP contribution in [0.5, 0.6) is 5.75 Å². The van der Waals surface area contributed by atoms with Crippen LogP contribution in [0.15, 0.2) is 40.9 Å². The molecule has 2 aromatic rings. The van der Waals surface area contributed by atoms with Crippen molar-refractivity contribution in [2.75, 3.05) is 14.2 Å². The Morgan fingerprint density at radius 2 is 2.05 bits per heavy atom. The summed E-state index contributed by atoms with van der Waals surface area (Å²) in [6.07, 6.45) is 0.704. The van der Waals surface area contributed by atoms with Crippen LogP contribution in [0.2, 0.25) is 0 Å². The zero-order chi connectivity index (χ0) is 15.4. The summed E-state index contributed by atoms with van der Waals surface area (Å²) in [6.45, 7) is 0. The Morgan fingerprint density at radius 1 is 1.29 bits per heavy atom. The van der Waals surface area contributed by atoms with Crippen molar-refractivity contribution >= 4 is 38.5 Å². The van der Waals surface area contributed by atoms with Gasteiger partial charge in [0, 0.05) is 14.1 Å². The zero-order valence-corrected chi connectivity index (χ0v) is 15.5. The number of rotatable bonds is 5. The zero-order valence-electron chi connectivity index (χ0n) is 11.8. The van der Waals surface area contributed by atoms with Crippen molar-refractivity contribution in [3.05, 3.63) is 61.4 Å². The van der Waals surface area contributed by atoms with E-state index in [0.29, 0.717) is 6.42 Å². The maximum Gasteiger partial charge on any atom is 0.165 e. The van der Waals surface area contributed by atoms with Gasteiger partial charge in [0.1, 0.15) is 0 Å². The van der Waals surface area contributed by atoms with E-state index in [1.165, 1.54) is 22.3 Å². The van der Waals surface area contributed by atoms with Crippen molar-refractivity contribution in [1.29, 1.82) is 0 Å². The highest BCUT2D eigenvalue weighted by molar-refractivity contribution is 14.1. The van der Waals surface area contributed by atoms with Crippen molar-refractivity contribution in [1.82, 2.24) is 5.32 Å². The fraction of sp³-hybridized carbons (Fsp3) is 0.250. The molecule has 0 aromatic heterocycles. The van der Waals surface area contributed by atoms with E-state index in [0.717, 1.165) is 10.0 Å². The van der Waals surface area contributed by atoms with Crippen LogP contribution in [0.4, 0.5) is 4.39 Å². The highest BCUT2D eigenvalue weighted by atomic mass is 127. The highest BCUT2D eigenvalue weighted by Gasteiger charge is 2.15. The van der Waals surface area contributed by atoms with E-state index >= 15 is 0 Å². The molecule has 112 valence electrons. The molecule has 0 saturated carbocycles. The molecule has 0 bridgehead atoms. The number of ether oxygens (including phenoxy) is 1. The average molecular weight is 464 g/mol. The molecule has 0 radical (unpaired) electrons. The van der Waals surface area contributed by atoms with Crippen molar-refractivity contribution in [2.45, 2.75) is 12.5 Å². The third-order valence-corrected chi connectivity index (χ3v) is 4.73. The van der Waals surface area contributed by atoms with Crippen molar-refractivity contribution in [3.63, 3.8) is 0 Å². The summed E-state index contributed by atoms with van der Waals surface area (Å²) in [4.78, 5) is 0.